The van der Waals surface area contributed by atoms with Crippen LogP contribution in [0.3, 0.4) is 0 Å². The van der Waals surface area contributed by atoms with Gasteiger partial charge in [0.2, 0.25) is 0 Å². The molecular weight excluding hydrogens is 226 g/mol. The number of likely N-dealkylation sites (N-methyl/N-ethyl adjacent to an activating group) is 1. The van der Waals surface area contributed by atoms with Gasteiger partial charge < -0.3 is 5.32 Å². The minimum absolute atomic E-state index is 0.532. The standard InChI is InChI=1S/C15H19NS/c1-11(16-3)10-13-5-7-14(8-6-13)15-9-4-12(2)17-15/h4-9,11,16H,10H2,1-3H3. The summed E-state index contributed by atoms with van der Waals surface area (Å²) in [5.41, 5.74) is 2.72. The first kappa shape index (κ1) is 12.3. The van der Waals surface area contributed by atoms with Crippen LogP contribution in [-0.4, -0.2) is 13.1 Å². The summed E-state index contributed by atoms with van der Waals surface area (Å²) in [5, 5.41) is 3.27. The van der Waals surface area contributed by atoms with Crippen molar-refractivity contribution >= 4 is 11.3 Å². The van der Waals surface area contributed by atoms with Crippen molar-refractivity contribution in [3.63, 3.8) is 0 Å². The zero-order valence-corrected chi connectivity index (χ0v) is 11.5. The molecule has 2 heteroatoms. The van der Waals surface area contributed by atoms with Gasteiger partial charge in [-0.1, -0.05) is 24.3 Å². The monoisotopic (exact) mass is 245 g/mol. The Hall–Kier alpha value is -1.12. The van der Waals surface area contributed by atoms with Gasteiger partial charge in [-0.15, -0.1) is 11.3 Å². The zero-order chi connectivity index (χ0) is 12.3. The molecule has 1 unspecified atom stereocenters. The molecule has 1 nitrogen and oxygen atoms in total. The van der Waals surface area contributed by atoms with Crippen molar-refractivity contribution in [1.29, 1.82) is 0 Å². The van der Waals surface area contributed by atoms with E-state index in [1.54, 1.807) is 0 Å². The fraction of sp³-hybridized carbons (Fsp3) is 0.333. The minimum atomic E-state index is 0.532. The predicted octanol–water partition coefficient (Wildman–Crippen LogP) is 3.87. The number of rotatable bonds is 4. The Bertz CT molecular complexity index is 470. The molecule has 1 N–H and O–H groups in total. The third kappa shape index (κ3) is 3.18. The van der Waals surface area contributed by atoms with E-state index in [2.05, 4.69) is 55.6 Å². The van der Waals surface area contributed by atoms with Gasteiger partial charge in [-0.3, -0.25) is 0 Å². The second kappa shape index (κ2) is 5.48. The molecule has 17 heavy (non-hydrogen) atoms. The Morgan fingerprint density at radius 2 is 1.82 bits per heavy atom. The highest BCUT2D eigenvalue weighted by molar-refractivity contribution is 7.15. The molecule has 0 aliphatic carbocycles. The molecule has 0 aliphatic rings. The first-order valence-electron chi connectivity index (χ1n) is 6.02. The summed E-state index contributed by atoms with van der Waals surface area (Å²) in [7, 11) is 2.01. The van der Waals surface area contributed by atoms with E-state index >= 15 is 0 Å². The molecule has 0 bridgehead atoms. The summed E-state index contributed by atoms with van der Waals surface area (Å²) in [6.07, 6.45) is 1.08. The van der Waals surface area contributed by atoms with Crippen molar-refractivity contribution in [3.05, 3.63) is 46.8 Å². The van der Waals surface area contributed by atoms with E-state index in [-0.39, 0.29) is 0 Å². The molecule has 0 saturated carbocycles. The van der Waals surface area contributed by atoms with Crippen LogP contribution < -0.4 is 5.32 Å². The average Bonchev–Trinajstić information content (AvgIpc) is 2.77. The summed E-state index contributed by atoms with van der Waals surface area (Å²) in [6, 6.07) is 13.8. The number of hydrogen-bond donors (Lipinski definition) is 1. The molecule has 0 saturated heterocycles. The van der Waals surface area contributed by atoms with Crippen LogP contribution in [0.5, 0.6) is 0 Å². The molecule has 0 amide bonds. The SMILES string of the molecule is CNC(C)Cc1ccc(-c2ccc(C)s2)cc1. The Kier molecular flexibility index (Phi) is 3.97. The van der Waals surface area contributed by atoms with Gasteiger partial charge >= 0.3 is 0 Å². The lowest BCUT2D eigenvalue weighted by atomic mass is 10.0. The van der Waals surface area contributed by atoms with E-state index in [1.807, 2.05) is 18.4 Å². The molecule has 0 aliphatic heterocycles. The van der Waals surface area contributed by atoms with Crippen molar-refractivity contribution in [2.24, 2.45) is 0 Å². The Morgan fingerprint density at radius 1 is 1.12 bits per heavy atom. The highest BCUT2D eigenvalue weighted by atomic mass is 32.1. The molecule has 0 radical (unpaired) electrons. The van der Waals surface area contributed by atoms with E-state index in [0.717, 1.165) is 6.42 Å². The number of thiophene rings is 1. The van der Waals surface area contributed by atoms with Crippen LogP contribution in [0.25, 0.3) is 10.4 Å². The van der Waals surface area contributed by atoms with Crippen molar-refractivity contribution in [2.45, 2.75) is 26.3 Å². The first-order chi connectivity index (χ1) is 8.19. The lowest BCUT2D eigenvalue weighted by Gasteiger charge is -2.10. The minimum Gasteiger partial charge on any atom is -0.317 e. The van der Waals surface area contributed by atoms with Crippen molar-refractivity contribution < 1.29 is 0 Å². The molecule has 0 spiro atoms. The Labute approximate surface area is 108 Å². The number of hydrogen-bond acceptors (Lipinski definition) is 2. The predicted molar refractivity (Wildman–Crippen MR) is 76.7 cm³/mol. The Morgan fingerprint density at radius 3 is 2.35 bits per heavy atom. The van der Waals surface area contributed by atoms with Crippen LogP contribution in [0.1, 0.15) is 17.4 Å². The molecule has 1 heterocycles. The quantitative estimate of drug-likeness (QED) is 0.862. The fourth-order valence-electron chi connectivity index (χ4n) is 1.85. The lowest BCUT2D eigenvalue weighted by Crippen LogP contribution is -2.23. The zero-order valence-electron chi connectivity index (χ0n) is 10.7. The number of aryl methyl sites for hydroxylation is 1. The molecule has 0 fully saturated rings. The van der Waals surface area contributed by atoms with Gasteiger partial charge in [0.05, 0.1) is 0 Å². The lowest BCUT2D eigenvalue weighted by molar-refractivity contribution is 0.608. The van der Waals surface area contributed by atoms with Crippen LogP contribution in [0.4, 0.5) is 0 Å². The van der Waals surface area contributed by atoms with Gasteiger partial charge in [-0.25, -0.2) is 0 Å². The van der Waals surface area contributed by atoms with Crippen molar-refractivity contribution in [2.75, 3.05) is 7.05 Å². The van der Waals surface area contributed by atoms with Gasteiger partial charge in [0, 0.05) is 15.8 Å². The number of benzene rings is 1. The van der Waals surface area contributed by atoms with Crippen LogP contribution in [0, 0.1) is 6.92 Å². The van der Waals surface area contributed by atoms with E-state index in [1.165, 1.54) is 20.9 Å². The largest absolute Gasteiger partial charge is 0.317 e. The molecule has 2 aromatic rings. The molecule has 1 aromatic heterocycles. The smallest absolute Gasteiger partial charge is 0.0345 e. The van der Waals surface area contributed by atoms with E-state index in [9.17, 15) is 0 Å². The van der Waals surface area contributed by atoms with Crippen molar-refractivity contribution in [3.8, 4) is 10.4 Å². The fourth-order valence-corrected chi connectivity index (χ4v) is 2.72. The summed E-state index contributed by atoms with van der Waals surface area (Å²) < 4.78 is 0. The average molecular weight is 245 g/mol. The Balaban J connectivity index is 2.13. The molecule has 1 atom stereocenters. The van der Waals surface area contributed by atoms with Crippen LogP contribution in [0.2, 0.25) is 0 Å². The third-order valence-electron chi connectivity index (χ3n) is 3.01. The first-order valence-corrected chi connectivity index (χ1v) is 6.83. The van der Waals surface area contributed by atoms with E-state index in [0.29, 0.717) is 6.04 Å². The molecule has 2 rings (SSSR count). The number of nitrogens with one attached hydrogen (secondary N) is 1. The van der Waals surface area contributed by atoms with E-state index in [4.69, 9.17) is 0 Å². The second-order valence-corrected chi connectivity index (χ2v) is 5.79. The third-order valence-corrected chi connectivity index (χ3v) is 4.06. The summed E-state index contributed by atoms with van der Waals surface area (Å²) in [5.74, 6) is 0. The van der Waals surface area contributed by atoms with Crippen LogP contribution in [0.15, 0.2) is 36.4 Å². The van der Waals surface area contributed by atoms with Crippen LogP contribution in [-0.2, 0) is 6.42 Å². The highest BCUT2D eigenvalue weighted by Gasteiger charge is 2.03. The molecule has 1 aromatic carbocycles. The van der Waals surface area contributed by atoms with Gasteiger partial charge in [0.1, 0.15) is 0 Å². The van der Waals surface area contributed by atoms with E-state index < -0.39 is 0 Å². The maximum atomic E-state index is 3.27. The maximum Gasteiger partial charge on any atom is 0.0345 e. The second-order valence-electron chi connectivity index (χ2n) is 4.50. The maximum absolute atomic E-state index is 3.27. The van der Waals surface area contributed by atoms with Gasteiger partial charge in [-0.05, 0) is 50.6 Å². The summed E-state index contributed by atoms with van der Waals surface area (Å²) in [4.78, 5) is 2.73. The van der Waals surface area contributed by atoms with Gasteiger partial charge in [0.15, 0.2) is 0 Å². The normalized spacial score (nSPS) is 12.6. The summed E-state index contributed by atoms with van der Waals surface area (Å²) >= 11 is 1.85. The van der Waals surface area contributed by atoms with Gasteiger partial charge in [-0.2, -0.15) is 0 Å². The molecule has 90 valence electrons. The van der Waals surface area contributed by atoms with Crippen LogP contribution >= 0.6 is 11.3 Å². The van der Waals surface area contributed by atoms with Gasteiger partial charge in [0.25, 0.3) is 0 Å². The topological polar surface area (TPSA) is 12.0 Å². The summed E-state index contributed by atoms with van der Waals surface area (Å²) in [6.45, 7) is 4.35. The highest BCUT2D eigenvalue weighted by Crippen LogP contribution is 2.27. The molecular formula is C15H19NS. The van der Waals surface area contributed by atoms with Crippen molar-refractivity contribution in [1.82, 2.24) is 5.32 Å².